The van der Waals surface area contributed by atoms with Crippen LogP contribution in [0.2, 0.25) is 0 Å². The molecule has 0 radical (unpaired) electrons. The summed E-state index contributed by atoms with van der Waals surface area (Å²) in [4.78, 5) is 11.4. The van der Waals surface area contributed by atoms with Gasteiger partial charge in [0.15, 0.2) is 5.78 Å². The van der Waals surface area contributed by atoms with Crippen molar-refractivity contribution in [3.8, 4) is 0 Å². The summed E-state index contributed by atoms with van der Waals surface area (Å²) in [5, 5.41) is 9.11. The van der Waals surface area contributed by atoms with E-state index in [-0.39, 0.29) is 5.78 Å². The highest BCUT2D eigenvalue weighted by molar-refractivity contribution is 5.85. The molecule has 0 fully saturated rings. The van der Waals surface area contributed by atoms with E-state index in [2.05, 4.69) is 0 Å². The van der Waals surface area contributed by atoms with E-state index in [1.54, 1.807) is 0 Å². The molecule has 0 aromatic heterocycles. The van der Waals surface area contributed by atoms with Gasteiger partial charge >= 0.3 is 0 Å². The van der Waals surface area contributed by atoms with Gasteiger partial charge in [-0.1, -0.05) is 18.2 Å². The van der Waals surface area contributed by atoms with Crippen LogP contribution in [0.15, 0.2) is 18.2 Å². The molecule has 2 nitrogen and oxygen atoms in total. The number of rotatable bonds is 3. The SMILES string of the molecule is Cc1cccc(C)c1CC(=O)C(C)O. The first-order chi connectivity index (χ1) is 6.52. The second-order valence-corrected chi connectivity index (χ2v) is 3.69. The van der Waals surface area contributed by atoms with Crippen LogP contribution in [0.3, 0.4) is 0 Å². The first-order valence-corrected chi connectivity index (χ1v) is 4.78. The van der Waals surface area contributed by atoms with Crippen molar-refractivity contribution < 1.29 is 9.90 Å². The number of aryl methyl sites for hydroxylation is 2. The average Bonchev–Trinajstić information content (AvgIpc) is 2.11. The summed E-state index contributed by atoms with van der Waals surface area (Å²) in [6, 6.07) is 5.94. The fourth-order valence-corrected chi connectivity index (χ4v) is 1.45. The molecule has 1 rings (SSSR count). The summed E-state index contributed by atoms with van der Waals surface area (Å²) in [6.45, 7) is 5.48. The fourth-order valence-electron chi connectivity index (χ4n) is 1.45. The predicted molar refractivity (Wildman–Crippen MR) is 56.3 cm³/mol. The second-order valence-electron chi connectivity index (χ2n) is 3.69. The number of carbonyl (C=O) groups excluding carboxylic acids is 1. The van der Waals surface area contributed by atoms with Crippen molar-refractivity contribution in [2.75, 3.05) is 0 Å². The third kappa shape index (κ3) is 2.42. The van der Waals surface area contributed by atoms with E-state index >= 15 is 0 Å². The lowest BCUT2D eigenvalue weighted by Gasteiger charge is -2.09. The lowest BCUT2D eigenvalue weighted by Crippen LogP contribution is -2.19. The van der Waals surface area contributed by atoms with Gasteiger partial charge in [-0.05, 0) is 37.5 Å². The van der Waals surface area contributed by atoms with Crippen LogP contribution in [0.1, 0.15) is 23.6 Å². The number of aliphatic hydroxyl groups excluding tert-OH is 1. The third-order valence-corrected chi connectivity index (χ3v) is 2.46. The van der Waals surface area contributed by atoms with Gasteiger partial charge in [-0.25, -0.2) is 0 Å². The lowest BCUT2D eigenvalue weighted by molar-refractivity contribution is -0.125. The zero-order valence-corrected chi connectivity index (χ0v) is 8.87. The number of ketones is 1. The van der Waals surface area contributed by atoms with E-state index in [9.17, 15) is 4.79 Å². The van der Waals surface area contributed by atoms with E-state index in [0.717, 1.165) is 16.7 Å². The Morgan fingerprint density at radius 2 is 1.86 bits per heavy atom. The van der Waals surface area contributed by atoms with Gasteiger partial charge in [0.25, 0.3) is 0 Å². The highest BCUT2D eigenvalue weighted by Crippen LogP contribution is 2.14. The van der Waals surface area contributed by atoms with Crippen molar-refractivity contribution in [1.29, 1.82) is 0 Å². The predicted octanol–water partition coefficient (Wildman–Crippen LogP) is 1.80. The van der Waals surface area contributed by atoms with E-state index in [0.29, 0.717) is 6.42 Å². The molecule has 1 atom stereocenters. The number of benzene rings is 1. The molecule has 0 amide bonds. The Kier molecular flexibility index (Phi) is 3.42. The number of aliphatic hydroxyl groups is 1. The first kappa shape index (κ1) is 10.9. The molecule has 0 aliphatic carbocycles. The van der Waals surface area contributed by atoms with E-state index in [1.165, 1.54) is 6.92 Å². The van der Waals surface area contributed by atoms with Crippen LogP contribution in [-0.4, -0.2) is 17.0 Å². The van der Waals surface area contributed by atoms with Gasteiger partial charge in [0.1, 0.15) is 6.10 Å². The molecule has 1 unspecified atom stereocenters. The zero-order valence-electron chi connectivity index (χ0n) is 8.87. The Balaban J connectivity index is 2.91. The molecule has 0 spiro atoms. The highest BCUT2D eigenvalue weighted by atomic mass is 16.3. The fraction of sp³-hybridized carbons (Fsp3) is 0.417. The van der Waals surface area contributed by atoms with Crippen molar-refractivity contribution in [1.82, 2.24) is 0 Å². The first-order valence-electron chi connectivity index (χ1n) is 4.78. The molecular formula is C12H16O2. The standard InChI is InChI=1S/C12H16O2/c1-8-5-4-6-9(2)11(8)7-12(14)10(3)13/h4-6,10,13H,7H2,1-3H3. The van der Waals surface area contributed by atoms with Crippen LogP contribution in [0, 0.1) is 13.8 Å². The Morgan fingerprint density at radius 1 is 1.36 bits per heavy atom. The molecule has 0 saturated carbocycles. The smallest absolute Gasteiger partial charge is 0.165 e. The van der Waals surface area contributed by atoms with Gasteiger partial charge in [-0.2, -0.15) is 0 Å². The Bertz CT molecular complexity index is 320. The summed E-state index contributed by atoms with van der Waals surface area (Å²) in [5.74, 6) is -0.123. The quantitative estimate of drug-likeness (QED) is 0.792. The maximum Gasteiger partial charge on any atom is 0.165 e. The van der Waals surface area contributed by atoms with Gasteiger partial charge in [0.2, 0.25) is 0 Å². The normalized spacial score (nSPS) is 12.6. The summed E-state index contributed by atoms with van der Waals surface area (Å²) in [7, 11) is 0. The maximum absolute atomic E-state index is 11.4. The Morgan fingerprint density at radius 3 is 2.29 bits per heavy atom. The van der Waals surface area contributed by atoms with Crippen molar-refractivity contribution in [3.63, 3.8) is 0 Å². The van der Waals surface area contributed by atoms with Gasteiger partial charge in [-0.3, -0.25) is 4.79 Å². The third-order valence-electron chi connectivity index (χ3n) is 2.46. The van der Waals surface area contributed by atoms with Crippen molar-refractivity contribution in [3.05, 3.63) is 34.9 Å². The maximum atomic E-state index is 11.4. The topological polar surface area (TPSA) is 37.3 Å². The minimum absolute atomic E-state index is 0.123. The van der Waals surface area contributed by atoms with Crippen LogP contribution >= 0.6 is 0 Å². The molecule has 76 valence electrons. The summed E-state index contributed by atoms with van der Waals surface area (Å²) >= 11 is 0. The highest BCUT2D eigenvalue weighted by Gasteiger charge is 2.12. The van der Waals surface area contributed by atoms with Gasteiger partial charge in [-0.15, -0.1) is 0 Å². The second kappa shape index (κ2) is 4.38. The average molecular weight is 192 g/mol. The van der Waals surface area contributed by atoms with Crippen LogP contribution in [0.4, 0.5) is 0 Å². The number of hydrogen-bond acceptors (Lipinski definition) is 2. The summed E-state index contributed by atoms with van der Waals surface area (Å²) in [5.41, 5.74) is 3.26. The molecule has 1 aromatic carbocycles. The molecule has 0 aliphatic rings. The number of Topliss-reactive ketones (excluding diaryl/α,β-unsaturated/α-hetero) is 1. The lowest BCUT2D eigenvalue weighted by atomic mass is 9.97. The number of hydrogen-bond donors (Lipinski definition) is 1. The monoisotopic (exact) mass is 192 g/mol. The summed E-state index contributed by atoms with van der Waals surface area (Å²) in [6.07, 6.45) is -0.537. The van der Waals surface area contributed by atoms with Crippen LogP contribution in [-0.2, 0) is 11.2 Å². The van der Waals surface area contributed by atoms with Crippen molar-refractivity contribution in [2.45, 2.75) is 33.3 Å². The van der Waals surface area contributed by atoms with Crippen LogP contribution < -0.4 is 0 Å². The molecule has 0 aliphatic heterocycles. The zero-order chi connectivity index (χ0) is 10.7. The molecule has 1 aromatic rings. The van der Waals surface area contributed by atoms with Crippen LogP contribution in [0.5, 0.6) is 0 Å². The number of carbonyl (C=O) groups is 1. The van der Waals surface area contributed by atoms with E-state index < -0.39 is 6.10 Å². The summed E-state index contributed by atoms with van der Waals surface area (Å²) < 4.78 is 0. The molecular weight excluding hydrogens is 176 g/mol. The molecule has 2 heteroatoms. The Labute approximate surface area is 84.6 Å². The van der Waals surface area contributed by atoms with E-state index in [4.69, 9.17) is 5.11 Å². The Hall–Kier alpha value is -1.15. The largest absolute Gasteiger partial charge is 0.386 e. The minimum atomic E-state index is -0.867. The molecule has 1 N–H and O–H groups in total. The van der Waals surface area contributed by atoms with Gasteiger partial charge in [0.05, 0.1) is 0 Å². The van der Waals surface area contributed by atoms with Crippen LogP contribution in [0.25, 0.3) is 0 Å². The molecule has 0 saturated heterocycles. The van der Waals surface area contributed by atoms with Gasteiger partial charge < -0.3 is 5.11 Å². The van der Waals surface area contributed by atoms with Crippen molar-refractivity contribution in [2.24, 2.45) is 0 Å². The molecule has 14 heavy (non-hydrogen) atoms. The van der Waals surface area contributed by atoms with E-state index in [1.807, 2.05) is 32.0 Å². The minimum Gasteiger partial charge on any atom is -0.386 e. The van der Waals surface area contributed by atoms with Crippen molar-refractivity contribution >= 4 is 5.78 Å². The molecule has 0 bridgehead atoms. The molecule has 0 heterocycles. The van der Waals surface area contributed by atoms with Gasteiger partial charge in [0, 0.05) is 6.42 Å².